The Kier molecular flexibility index (Phi) is 13.3. The smallest absolute Gasteiger partial charge is 0.292 e. The van der Waals surface area contributed by atoms with Crippen molar-refractivity contribution in [2.45, 2.75) is 65.8 Å². The Labute approximate surface area is 231 Å². The van der Waals surface area contributed by atoms with Gasteiger partial charge in [0.25, 0.3) is 6.26 Å². The third-order valence-electron chi connectivity index (χ3n) is 7.49. The van der Waals surface area contributed by atoms with Crippen LogP contribution in [0.1, 0.15) is 58.9 Å². The first kappa shape index (κ1) is 30.8. The lowest BCUT2D eigenvalue weighted by Gasteiger charge is -2.28. The summed E-state index contributed by atoms with van der Waals surface area (Å²) in [5, 5.41) is 15.9. The minimum Gasteiger partial charge on any atom is -0.388 e. The lowest BCUT2D eigenvalue weighted by atomic mass is 9.86. The summed E-state index contributed by atoms with van der Waals surface area (Å²) < 4.78 is 5.07. The zero-order chi connectivity index (χ0) is 27.9. The molecule has 0 bridgehead atoms. The molecule has 4 nitrogen and oxygen atoms in total. The van der Waals surface area contributed by atoms with E-state index in [0.717, 1.165) is 55.6 Å². The van der Waals surface area contributed by atoms with Gasteiger partial charge in [0.05, 0.1) is 6.04 Å². The van der Waals surface area contributed by atoms with Crippen molar-refractivity contribution in [1.82, 2.24) is 10.6 Å². The van der Waals surface area contributed by atoms with Crippen molar-refractivity contribution in [3.05, 3.63) is 109 Å². The van der Waals surface area contributed by atoms with Gasteiger partial charge in [0, 0.05) is 17.9 Å². The van der Waals surface area contributed by atoms with Gasteiger partial charge in [-0.25, -0.2) is 0 Å². The van der Waals surface area contributed by atoms with E-state index in [1.54, 1.807) is 6.26 Å². The number of nitrogens with one attached hydrogen (secondary N) is 2. The summed E-state index contributed by atoms with van der Waals surface area (Å²) in [6.45, 7) is 22.1. The molecular weight excluding hydrogens is 466 g/mol. The average molecular weight is 514 g/mol. The second kappa shape index (κ2) is 16.4. The number of nitriles is 1. The molecule has 0 amide bonds. The van der Waals surface area contributed by atoms with Crippen LogP contribution >= 0.6 is 0 Å². The number of benzene rings is 1. The predicted molar refractivity (Wildman–Crippen MR) is 161 cm³/mol. The van der Waals surface area contributed by atoms with Crippen LogP contribution in [-0.2, 0) is 11.2 Å². The predicted octanol–water partition coefficient (Wildman–Crippen LogP) is 7.97. The van der Waals surface area contributed by atoms with Crippen molar-refractivity contribution >= 4 is 0 Å². The van der Waals surface area contributed by atoms with Crippen LogP contribution in [0.3, 0.4) is 0 Å². The molecule has 204 valence electrons. The maximum atomic E-state index is 8.86. The van der Waals surface area contributed by atoms with E-state index in [1.165, 1.54) is 5.56 Å². The molecule has 0 saturated heterocycles. The van der Waals surface area contributed by atoms with Gasteiger partial charge in [-0.1, -0.05) is 82.5 Å². The normalized spacial score (nSPS) is 18.2. The lowest BCUT2D eigenvalue weighted by molar-refractivity contribution is 0.365. The van der Waals surface area contributed by atoms with Gasteiger partial charge in [0.15, 0.2) is 0 Å². The average Bonchev–Trinajstić information content (AvgIpc) is 2.91. The first-order valence-corrected chi connectivity index (χ1v) is 13.9. The number of nitrogens with zero attached hydrogens (tertiary/aromatic N) is 1. The maximum absolute atomic E-state index is 8.86. The molecule has 38 heavy (non-hydrogen) atoms. The van der Waals surface area contributed by atoms with Crippen molar-refractivity contribution in [2.75, 3.05) is 6.54 Å². The molecule has 0 spiro atoms. The van der Waals surface area contributed by atoms with Gasteiger partial charge in [-0.05, 0) is 86.0 Å². The van der Waals surface area contributed by atoms with E-state index >= 15 is 0 Å². The van der Waals surface area contributed by atoms with E-state index in [2.05, 4.69) is 99.7 Å². The summed E-state index contributed by atoms with van der Waals surface area (Å²) in [5.41, 5.74) is 4.25. The van der Waals surface area contributed by atoms with Crippen LogP contribution < -0.4 is 10.6 Å². The standard InChI is InChI=1S/C34H47N3O/c1-8-25(2)23-36-30(7)33(22-32-18-19-34(38-24-35)28(5)21-32)37-29(6)15-13-12-14-26(3)27(4)20-31-16-10-9-11-17-31/h8-11,13,15-17,19,21,25-27,32-33,36-37H,1,6-7,12,14,18,20,22-23H2,2-5H3/b15-13+/t25-,26?,27?,32?,33+/m0/s1. The van der Waals surface area contributed by atoms with Crippen molar-refractivity contribution in [3.63, 3.8) is 0 Å². The van der Waals surface area contributed by atoms with Gasteiger partial charge >= 0.3 is 0 Å². The van der Waals surface area contributed by atoms with Crippen LogP contribution in [0.4, 0.5) is 0 Å². The quantitative estimate of drug-likeness (QED) is 0.126. The second-order valence-electron chi connectivity index (χ2n) is 10.8. The lowest BCUT2D eigenvalue weighted by Crippen LogP contribution is -2.38. The van der Waals surface area contributed by atoms with Crippen molar-refractivity contribution < 1.29 is 4.74 Å². The highest BCUT2D eigenvalue weighted by Gasteiger charge is 2.21. The molecule has 1 aliphatic rings. The molecule has 0 aliphatic heterocycles. The Morgan fingerprint density at radius 1 is 1.18 bits per heavy atom. The molecule has 0 heterocycles. The Hall–Kier alpha value is -3.45. The van der Waals surface area contributed by atoms with Crippen LogP contribution in [0, 0.1) is 35.2 Å². The molecule has 1 aliphatic carbocycles. The summed E-state index contributed by atoms with van der Waals surface area (Å²) in [6.07, 6.45) is 17.2. The topological polar surface area (TPSA) is 57.1 Å². The number of ether oxygens (including phenoxy) is 1. The van der Waals surface area contributed by atoms with E-state index in [-0.39, 0.29) is 6.04 Å². The molecule has 4 heteroatoms. The van der Waals surface area contributed by atoms with Gasteiger partial charge < -0.3 is 15.4 Å². The van der Waals surface area contributed by atoms with Crippen molar-refractivity contribution in [3.8, 4) is 6.26 Å². The zero-order valence-electron chi connectivity index (χ0n) is 23.9. The molecule has 2 rings (SSSR count). The third-order valence-corrected chi connectivity index (χ3v) is 7.49. The van der Waals surface area contributed by atoms with Gasteiger partial charge in [-0.2, -0.15) is 0 Å². The second-order valence-corrected chi connectivity index (χ2v) is 10.8. The summed E-state index contributed by atoms with van der Waals surface area (Å²) in [6, 6.07) is 10.8. The molecule has 0 fully saturated rings. The SMILES string of the molecule is C=C[C@H](C)CNC(=C)[C@@H](CC1C=C(C)C(OC#N)=CC1)NC(=C)/C=C/CCC(C)C(C)Cc1ccccc1. The fourth-order valence-corrected chi connectivity index (χ4v) is 4.68. The molecule has 0 radical (unpaired) electrons. The minimum atomic E-state index is 0.0230. The van der Waals surface area contributed by atoms with Crippen LogP contribution in [0.2, 0.25) is 0 Å². The van der Waals surface area contributed by atoms with E-state index in [0.29, 0.717) is 29.4 Å². The highest BCUT2D eigenvalue weighted by molar-refractivity contribution is 5.30. The Balaban J connectivity index is 1.91. The van der Waals surface area contributed by atoms with E-state index in [9.17, 15) is 0 Å². The monoisotopic (exact) mass is 513 g/mol. The molecule has 3 unspecified atom stereocenters. The highest BCUT2D eigenvalue weighted by Crippen LogP contribution is 2.28. The molecular formula is C34H47N3O. The number of allylic oxidation sites excluding steroid dienone is 5. The van der Waals surface area contributed by atoms with Crippen LogP contribution in [0.5, 0.6) is 0 Å². The minimum absolute atomic E-state index is 0.0230. The number of rotatable bonds is 17. The van der Waals surface area contributed by atoms with Crippen molar-refractivity contribution in [1.29, 1.82) is 5.26 Å². The number of hydrogen-bond acceptors (Lipinski definition) is 4. The summed E-state index contributed by atoms with van der Waals surface area (Å²) in [7, 11) is 0. The van der Waals surface area contributed by atoms with Gasteiger partial charge in [-0.15, -0.1) is 11.8 Å². The molecule has 2 N–H and O–H groups in total. The first-order valence-electron chi connectivity index (χ1n) is 13.9. The van der Waals surface area contributed by atoms with Crippen molar-refractivity contribution in [2.24, 2.45) is 23.7 Å². The Morgan fingerprint density at radius 3 is 2.58 bits per heavy atom. The van der Waals surface area contributed by atoms with Gasteiger partial charge in [0.2, 0.25) is 0 Å². The molecule has 5 atom stereocenters. The highest BCUT2D eigenvalue weighted by atomic mass is 16.5. The molecule has 1 aromatic rings. The van der Waals surface area contributed by atoms with E-state index < -0.39 is 0 Å². The fourth-order valence-electron chi connectivity index (χ4n) is 4.68. The summed E-state index contributed by atoms with van der Waals surface area (Å²) in [5.74, 6) is 2.62. The van der Waals surface area contributed by atoms with Gasteiger partial charge in [0.1, 0.15) is 5.76 Å². The van der Waals surface area contributed by atoms with E-state index in [1.807, 2.05) is 19.1 Å². The third kappa shape index (κ3) is 10.9. The molecule has 0 saturated carbocycles. The van der Waals surface area contributed by atoms with E-state index in [4.69, 9.17) is 10.00 Å². The van der Waals surface area contributed by atoms with Gasteiger partial charge in [-0.3, -0.25) is 0 Å². The molecule has 0 aromatic heterocycles. The Bertz CT molecular complexity index is 1040. The van der Waals surface area contributed by atoms with Crippen LogP contribution in [0.25, 0.3) is 0 Å². The van der Waals surface area contributed by atoms with Crippen LogP contribution in [0.15, 0.2) is 103 Å². The zero-order valence-corrected chi connectivity index (χ0v) is 23.9. The Morgan fingerprint density at radius 2 is 1.92 bits per heavy atom. The largest absolute Gasteiger partial charge is 0.388 e. The summed E-state index contributed by atoms with van der Waals surface area (Å²) >= 11 is 0. The van der Waals surface area contributed by atoms with Crippen LogP contribution in [-0.4, -0.2) is 12.6 Å². The first-order chi connectivity index (χ1) is 18.2. The number of hydrogen-bond donors (Lipinski definition) is 2. The fraction of sp³-hybridized carbons (Fsp3) is 0.441. The summed E-state index contributed by atoms with van der Waals surface area (Å²) in [4.78, 5) is 0. The maximum Gasteiger partial charge on any atom is 0.292 e. The molecule has 1 aromatic carbocycles.